The first-order valence-corrected chi connectivity index (χ1v) is 9.56. The van der Waals surface area contributed by atoms with Crippen molar-refractivity contribution >= 4 is 61.8 Å². The number of thioether (sulfide) groups is 1. The van der Waals surface area contributed by atoms with Crippen LogP contribution < -0.4 is 0 Å². The summed E-state index contributed by atoms with van der Waals surface area (Å²) in [7, 11) is 0. The van der Waals surface area contributed by atoms with Crippen LogP contribution in [-0.4, -0.2) is 20.8 Å². The Kier molecular flexibility index (Phi) is 4.87. The molecule has 0 unspecified atom stereocenters. The van der Waals surface area contributed by atoms with Gasteiger partial charge in [-0.3, -0.25) is 0 Å². The highest BCUT2D eigenvalue weighted by Gasteiger charge is 2.15. The second-order valence-corrected chi connectivity index (χ2v) is 8.16. The summed E-state index contributed by atoms with van der Waals surface area (Å²) in [6.45, 7) is 1.92. The van der Waals surface area contributed by atoms with Crippen molar-refractivity contribution in [3.05, 3.63) is 45.1 Å². The summed E-state index contributed by atoms with van der Waals surface area (Å²) in [5, 5.41) is 22.7. The van der Waals surface area contributed by atoms with E-state index in [0.717, 1.165) is 20.3 Å². The first kappa shape index (κ1) is 16.3. The normalized spacial score (nSPS) is 12.2. The number of nitriles is 1. The molecule has 2 heterocycles. The van der Waals surface area contributed by atoms with Crippen molar-refractivity contribution in [3.63, 3.8) is 0 Å². The number of allylic oxidation sites excluding steroid dienone is 1. The molecule has 0 fully saturated rings. The molecular weight excluding hydrogens is 370 g/mol. The van der Waals surface area contributed by atoms with Crippen LogP contribution in [-0.2, 0) is 0 Å². The number of benzene rings is 1. The summed E-state index contributed by atoms with van der Waals surface area (Å²) in [5.41, 5.74) is 1.87. The lowest BCUT2D eigenvalue weighted by atomic mass is 10.2. The van der Waals surface area contributed by atoms with Crippen LogP contribution in [0, 0.1) is 18.3 Å². The van der Waals surface area contributed by atoms with Gasteiger partial charge < -0.3 is 5.11 Å². The van der Waals surface area contributed by atoms with Crippen molar-refractivity contribution in [2.24, 2.45) is 0 Å². The van der Waals surface area contributed by atoms with Gasteiger partial charge in [-0.15, -0.1) is 22.7 Å². The third-order valence-corrected chi connectivity index (χ3v) is 6.33. The van der Waals surface area contributed by atoms with Gasteiger partial charge in [0.15, 0.2) is 4.34 Å². The van der Waals surface area contributed by atoms with Crippen molar-refractivity contribution in [1.82, 2.24) is 9.97 Å². The molecule has 2 aromatic heterocycles. The summed E-state index contributed by atoms with van der Waals surface area (Å²) in [6, 6.07) is 7.43. The predicted octanol–water partition coefficient (Wildman–Crippen LogP) is 5.30. The third-order valence-electron chi connectivity index (χ3n) is 2.89. The summed E-state index contributed by atoms with van der Waals surface area (Å²) < 4.78 is 1.79. The highest BCUT2D eigenvalue weighted by molar-refractivity contribution is 8.01. The molecule has 0 saturated carbocycles. The number of aliphatic hydroxyl groups excluding tert-OH is 1. The second-order valence-electron chi connectivity index (χ2n) is 4.61. The number of rotatable bonds is 4. The number of fused-ring (bicyclic) bond motifs is 1. The molecule has 0 atom stereocenters. The molecule has 0 amide bonds. The number of thiazole rings is 2. The van der Waals surface area contributed by atoms with Gasteiger partial charge in [-0.25, -0.2) is 9.97 Å². The first-order valence-electron chi connectivity index (χ1n) is 6.50. The number of halogens is 1. The quantitative estimate of drug-likeness (QED) is 0.378. The summed E-state index contributed by atoms with van der Waals surface area (Å²) >= 11 is 10.2. The van der Waals surface area contributed by atoms with Crippen LogP contribution in [0.1, 0.15) is 10.7 Å². The second kappa shape index (κ2) is 6.89. The molecule has 0 aliphatic carbocycles. The number of hydrogen-bond acceptors (Lipinski definition) is 7. The predicted molar refractivity (Wildman–Crippen MR) is 97.4 cm³/mol. The summed E-state index contributed by atoms with van der Waals surface area (Å²) in [4.78, 5) is 8.72. The highest BCUT2D eigenvalue weighted by atomic mass is 35.5. The minimum absolute atomic E-state index is 0.00973. The van der Waals surface area contributed by atoms with Crippen LogP contribution in [0.2, 0.25) is 5.02 Å². The van der Waals surface area contributed by atoms with E-state index in [0.29, 0.717) is 10.0 Å². The van der Waals surface area contributed by atoms with Crippen LogP contribution >= 0.6 is 46.0 Å². The van der Waals surface area contributed by atoms with E-state index < -0.39 is 0 Å². The number of aryl methyl sites for hydroxylation is 1. The zero-order valence-electron chi connectivity index (χ0n) is 11.9. The Labute approximate surface area is 150 Å². The van der Waals surface area contributed by atoms with Gasteiger partial charge >= 0.3 is 0 Å². The molecule has 3 aromatic rings. The average Bonchev–Trinajstić information content (AvgIpc) is 3.11. The van der Waals surface area contributed by atoms with Crippen LogP contribution in [0.15, 0.2) is 33.7 Å². The van der Waals surface area contributed by atoms with Gasteiger partial charge in [0.05, 0.1) is 16.0 Å². The molecule has 8 heteroatoms. The lowest BCUT2D eigenvalue weighted by Crippen LogP contribution is -1.92. The van der Waals surface area contributed by atoms with Gasteiger partial charge in [0.1, 0.15) is 22.4 Å². The maximum atomic E-state index is 10.3. The number of nitrogens with zero attached hydrogens (tertiary/aromatic N) is 3. The van der Waals surface area contributed by atoms with Crippen LogP contribution in [0.3, 0.4) is 0 Å². The van der Waals surface area contributed by atoms with Crippen molar-refractivity contribution in [3.8, 4) is 6.07 Å². The molecule has 0 saturated heterocycles. The molecule has 0 aliphatic rings. The van der Waals surface area contributed by atoms with Crippen LogP contribution in [0.4, 0.5) is 0 Å². The first-order chi connectivity index (χ1) is 11.1. The van der Waals surface area contributed by atoms with Gasteiger partial charge in [0.2, 0.25) is 0 Å². The molecule has 23 heavy (non-hydrogen) atoms. The maximum absolute atomic E-state index is 10.3. The highest BCUT2D eigenvalue weighted by Crippen LogP contribution is 2.31. The molecule has 0 radical (unpaired) electrons. The Balaban J connectivity index is 1.88. The Morgan fingerprint density at radius 1 is 1.43 bits per heavy atom. The van der Waals surface area contributed by atoms with Gasteiger partial charge in [0.25, 0.3) is 0 Å². The molecule has 4 nitrogen and oxygen atoms in total. The van der Waals surface area contributed by atoms with E-state index in [1.54, 1.807) is 12.1 Å². The Morgan fingerprint density at radius 2 is 2.26 bits per heavy atom. The van der Waals surface area contributed by atoms with Crippen molar-refractivity contribution in [1.29, 1.82) is 5.26 Å². The molecular formula is C15H10ClN3OS3. The monoisotopic (exact) mass is 379 g/mol. The zero-order chi connectivity index (χ0) is 16.4. The minimum Gasteiger partial charge on any atom is -0.510 e. The standard InChI is InChI=1S/C15H10ClN3OS3/c1-8-6-21-15(18-8)22-7-12(20)10(5-17)14-19-11-4-9(16)2-3-13(11)23-14/h2-4,6,20H,7H2,1H3/b12-10-. The molecule has 1 N–H and O–H groups in total. The SMILES string of the molecule is Cc1csc(SC/C(O)=C(\C#N)c2nc3cc(Cl)ccc3s2)n1. The van der Waals surface area contributed by atoms with Crippen LogP contribution in [0.5, 0.6) is 0 Å². The number of hydrogen-bond donors (Lipinski definition) is 1. The summed E-state index contributed by atoms with van der Waals surface area (Å²) in [5.74, 6) is 0.294. The van der Waals surface area contributed by atoms with Crippen molar-refractivity contribution < 1.29 is 5.11 Å². The van der Waals surface area contributed by atoms with E-state index in [1.807, 2.05) is 24.4 Å². The Morgan fingerprint density at radius 3 is 2.96 bits per heavy atom. The third kappa shape index (κ3) is 3.67. The Bertz CT molecular complexity index is 939. The minimum atomic E-state index is 0.00973. The molecule has 3 rings (SSSR count). The summed E-state index contributed by atoms with van der Waals surface area (Å²) in [6.07, 6.45) is 0. The topological polar surface area (TPSA) is 69.8 Å². The molecule has 116 valence electrons. The van der Waals surface area contributed by atoms with E-state index in [2.05, 4.69) is 9.97 Å². The van der Waals surface area contributed by atoms with Gasteiger partial charge in [-0.2, -0.15) is 5.26 Å². The fourth-order valence-corrected chi connectivity index (χ4v) is 4.70. The lowest BCUT2D eigenvalue weighted by molar-refractivity contribution is 0.421. The van der Waals surface area contributed by atoms with Crippen molar-refractivity contribution in [2.75, 3.05) is 5.75 Å². The van der Waals surface area contributed by atoms with E-state index >= 15 is 0 Å². The fraction of sp³-hybridized carbons (Fsp3) is 0.133. The van der Waals surface area contributed by atoms with E-state index in [9.17, 15) is 10.4 Å². The smallest absolute Gasteiger partial charge is 0.150 e. The lowest BCUT2D eigenvalue weighted by Gasteiger charge is -2.00. The number of aliphatic hydroxyl groups is 1. The van der Waals surface area contributed by atoms with Gasteiger partial charge in [-0.1, -0.05) is 23.4 Å². The van der Waals surface area contributed by atoms with Gasteiger partial charge in [-0.05, 0) is 25.1 Å². The molecule has 0 aliphatic heterocycles. The number of aromatic nitrogens is 2. The van der Waals surface area contributed by atoms with E-state index in [-0.39, 0.29) is 17.1 Å². The maximum Gasteiger partial charge on any atom is 0.150 e. The molecule has 0 spiro atoms. The van der Waals surface area contributed by atoms with Crippen molar-refractivity contribution in [2.45, 2.75) is 11.3 Å². The van der Waals surface area contributed by atoms with Crippen LogP contribution in [0.25, 0.3) is 15.8 Å². The fourth-order valence-electron chi connectivity index (χ4n) is 1.84. The van der Waals surface area contributed by atoms with E-state index in [1.165, 1.54) is 34.4 Å². The average molecular weight is 380 g/mol. The molecule has 1 aromatic carbocycles. The van der Waals surface area contributed by atoms with Gasteiger partial charge in [0, 0.05) is 16.1 Å². The zero-order valence-corrected chi connectivity index (χ0v) is 15.1. The largest absolute Gasteiger partial charge is 0.510 e. The molecule has 0 bridgehead atoms. The van der Waals surface area contributed by atoms with E-state index in [4.69, 9.17) is 11.6 Å². The Hall–Kier alpha value is -1.59.